The van der Waals surface area contributed by atoms with Crippen molar-refractivity contribution < 1.29 is 14.3 Å². The van der Waals surface area contributed by atoms with Gasteiger partial charge in [0.1, 0.15) is 11.3 Å². The predicted molar refractivity (Wildman–Crippen MR) is 65.2 cm³/mol. The first kappa shape index (κ1) is 14.5. The molecule has 0 unspecified atom stereocenters. The van der Waals surface area contributed by atoms with Gasteiger partial charge in [0.15, 0.2) is 0 Å². The summed E-state index contributed by atoms with van der Waals surface area (Å²) in [5, 5.41) is 0. The summed E-state index contributed by atoms with van der Waals surface area (Å²) in [6.07, 6.45) is 0. The number of carbonyl (C=O) groups excluding carboxylic acids is 1. The van der Waals surface area contributed by atoms with Crippen LogP contribution in [0.5, 0.6) is 5.75 Å². The van der Waals surface area contributed by atoms with Crippen LogP contribution in [0.3, 0.4) is 0 Å². The SMILES string of the molecule is CC.COC(=O)c1cc(C)cc(C)c1OC. The lowest BCUT2D eigenvalue weighted by atomic mass is 10.1. The molecule has 0 saturated carbocycles. The summed E-state index contributed by atoms with van der Waals surface area (Å²) in [7, 11) is 2.91. The number of methoxy groups -OCH3 is 2. The third kappa shape index (κ3) is 3.26. The van der Waals surface area contributed by atoms with Gasteiger partial charge in [0, 0.05) is 0 Å². The summed E-state index contributed by atoms with van der Waals surface area (Å²) in [6.45, 7) is 7.83. The van der Waals surface area contributed by atoms with Crippen LogP contribution >= 0.6 is 0 Å². The standard InChI is InChI=1S/C11H14O3.C2H6/c1-7-5-8(2)10(13-3)9(6-7)11(12)14-4;1-2/h5-6H,1-4H3;1-2H3. The minimum absolute atomic E-state index is 0.367. The third-order valence-corrected chi connectivity index (χ3v) is 2.03. The predicted octanol–water partition coefficient (Wildman–Crippen LogP) is 3.12. The number of hydrogen-bond donors (Lipinski definition) is 0. The highest BCUT2D eigenvalue weighted by molar-refractivity contribution is 5.93. The molecular weight excluding hydrogens is 204 g/mol. The Morgan fingerprint density at radius 3 is 2.12 bits per heavy atom. The van der Waals surface area contributed by atoms with E-state index in [0.717, 1.165) is 11.1 Å². The van der Waals surface area contributed by atoms with Crippen LogP contribution in [0.25, 0.3) is 0 Å². The molecule has 16 heavy (non-hydrogen) atoms. The van der Waals surface area contributed by atoms with Crippen molar-refractivity contribution in [1.82, 2.24) is 0 Å². The molecule has 1 rings (SSSR count). The molecule has 0 fully saturated rings. The number of esters is 1. The van der Waals surface area contributed by atoms with E-state index in [2.05, 4.69) is 4.74 Å². The maximum absolute atomic E-state index is 11.4. The molecule has 0 spiro atoms. The fourth-order valence-corrected chi connectivity index (χ4v) is 1.49. The Bertz CT molecular complexity index is 356. The van der Waals surface area contributed by atoms with Gasteiger partial charge in [-0.2, -0.15) is 0 Å². The fraction of sp³-hybridized carbons (Fsp3) is 0.462. The highest BCUT2D eigenvalue weighted by Crippen LogP contribution is 2.25. The topological polar surface area (TPSA) is 35.5 Å². The number of hydrogen-bond acceptors (Lipinski definition) is 3. The van der Waals surface area contributed by atoms with Crippen molar-refractivity contribution in [2.24, 2.45) is 0 Å². The van der Waals surface area contributed by atoms with E-state index in [1.165, 1.54) is 7.11 Å². The Hall–Kier alpha value is -1.51. The molecule has 90 valence electrons. The molecule has 0 aromatic heterocycles. The zero-order chi connectivity index (χ0) is 12.7. The Morgan fingerprint density at radius 1 is 1.12 bits per heavy atom. The Balaban J connectivity index is 0.00000106. The fourth-order valence-electron chi connectivity index (χ4n) is 1.49. The van der Waals surface area contributed by atoms with Crippen LogP contribution in [0.4, 0.5) is 0 Å². The number of carbonyl (C=O) groups is 1. The molecule has 0 atom stereocenters. The molecular formula is C13H20O3. The summed E-state index contributed by atoms with van der Waals surface area (Å²) >= 11 is 0. The molecule has 0 radical (unpaired) electrons. The molecule has 0 saturated heterocycles. The molecule has 0 N–H and O–H groups in total. The number of rotatable bonds is 2. The minimum Gasteiger partial charge on any atom is -0.496 e. The van der Waals surface area contributed by atoms with Crippen molar-refractivity contribution in [3.63, 3.8) is 0 Å². The van der Waals surface area contributed by atoms with Gasteiger partial charge >= 0.3 is 5.97 Å². The summed E-state index contributed by atoms with van der Waals surface area (Å²) in [5.74, 6) is 0.219. The average molecular weight is 224 g/mol. The average Bonchev–Trinajstić information content (AvgIpc) is 2.29. The lowest BCUT2D eigenvalue weighted by molar-refractivity contribution is 0.0597. The van der Waals surface area contributed by atoms with Crippen LogP contribution in [-0.4, -0.2) is 20.2 Å². The van der Waals surface area contributed by atoms with Crippen molar-refractivity contribution in [3.8, 4) is 5.75 Å². The first-order chi connectivity index (χ1) is 7.60. The summed E-state index contributed by atoms with van der Waals surface area (Å²) in [6, 6.07) is 3.73. The molecule has 0 aliphatic carbocycles. The van der Waals surface area contributed by atoms with Crippen LogP contribution < -0.4 is 4.74 Å². The lowest BCUT2D eigenvalue weighted by Gasteiger charge is -2.10. The van der Waals surface area contributed by atoms with Crippen molar-refractivity contribution in [3.05, 3.63) is 28.8 Å². The van der Waals surface area contributed by atoms with E-state index in [4.69, 9.17) is 4.74 Å². The molecule has 0 aliphatic heterocycles. The molecule has 3 nitrogen and oxygen atoms in total. The highest BCUT2D eigenvalue weighted by atomic mass is 16.5. The first-order valence-electron chi connectivity index (χ1n) is 5.33. The van der Waals surface area contributed by atoms with Gasteiger partial charge in [-0.05, 0) is 31.0 Å². The van der Waals surface area contributed by atoms with Gasteiger partial charge in [0.2, 0.25) is 0 Å². The van der Waals surface area contributed by atoms with E-state index in [-0.39, 0.29) is 5.97 Å². The Morgan fingerprint density at radius 2 is 1.69 bits per heavy atom. The number of benzene rings is 1. The van der Waals surface area contributed by atoms with Crippen LogP contribution in [0.1, 0.15) is 35.3 Å². The van der Waals surface area contributed by atoms with Gasteiger partial charge in [0.05, 0.1) is 14.2 Å². The largest absolute Gasteiger partial charge is 0.496 e. The van der Waals surface area contributed by atoms with Crippen molar-refractivity contribution >= 4 is 5.97 Å². The monoisotopic (exact) mass is 224 g/mol. The summed E-state index contributed by atoms with van der Waals surface area (Å²) in [4.78, 5) is 11.4. The normalized spacial score (nSPS) is 8.88. The minimum atomic E-state index is -0.367. The Kier molecular flexibility index (Phi) is 6.23. The molecule has 0 amide bonds. The van der Waals surface area contributed by atoms with Gasteiger partial charge in [-0.25, -0.2) is 4.79 Å². The van der Waals surface area contributed by atoms with Crippen LogP contribution in [0.15, 0.2) is 12.1 Å². The summed E-state index contributed by atoms with van der Waals surface area (Å²) in [5.41, 5.74) is 2.43. The van der Waals surface area contributed by atoms with E-state index in [1.807, 2.05) is 33.8 Å². The quantitative estimate of drug-likeness (QED) is 0.724. The zero-order valence-corrected chi connectivity index (χ0v) is 10.9. The van der Waals surface area contributed by atoms with Crippen LogP contribution in [-0.2, 0) is 4.74 Å². The molecule has 0 heterocycles. The molecule has 0 bridgehead atoms. The smallest absolute Gasteiger partial charge is 0.341 e. The molecule has 0 aliphatic rings. The van der Waals surface area contributed by atoms with Crippen molar-refractivity contribution in [1.29, 1.82) is 0 Å². The van der Waals surface area contributed by atoms with E-state index in [0.29, 0.717) is 11.3 Å². The van der Waals surface area contributed by atoms with Crippen molar-refractivity contribution in [2.75, 3.05) is 14.2 Å². The molecule has 3 heteroatoms. The Labute approximate surface area is 97.4 Å². The van der Waals surface area contributed by atoms with Gasteiger partial charge < -0.3 is 9.47 Å². The molecule has 1 aromatic carbocycles. The van der Waals surface area contributed by atoms with Crippen molar-refractivity contribution in [2.45, 2.75) is 27.7 Å². The zero-order valence-electron chi connectivity index (χ0n) is 10.9. The second kappa shape index (κ2) is 6.88. The maximum Gasteiger partial charge on any atom is 0.341 e. The number of aryl methyl sites for hydroxylation is 2. The van der Waals surface area contributed by atoms with Crippen LogP contribution in [0.2, 0.25) is 0 Å². The second-order valence-corrected chi connectivity index (χ2v) is 3.15. The lowest BCUT2D eigenvalue weighted by Crippen LogP contribution is -2.05. The third-order valence-electron chi connectivity index (χ3n) is 2.03. The van der Waals surface area contributed by atoms with Gasteiger partial charge in [-0.15, -0.1) is 0 Å². The molecule has 1 aromatic rings. The summed E-state index contributed by atoms with van der Waals surface area (Å²) < 4.78 is 9.82. The van der Waals surface area contributed by atoms with Gasteiger partial charge in [0.25, 0.3) is 0 Å². The van der Waals surface area contributed by atoms with Gasteiger partial charge in [-0.1, -0.05) is 19.9 Å². The van der Waals surface area contributed by atoms with E-state index < -0.39 is 0 Å². The highest BCUT2D eigenvalue weighted by Gasteiger charge is 2.14. The van der Waals surface area contributed by atoms with E-state index in [1.54, 1.807) is 13.2 Å². The number of ether oxygens (including phenoxy) is 2. The van der Waals surface area contributed by atoms with Crippen LogP contribution in [0, 0.1) is 13.8 Å². The van der Waals surface area contributed by atoms with E-state index >= 15 is 0 Å². The first-order valence-corrected chi connectivity index (χ1v) is 5.33. The van der Waals surface area contributed by atoms with E-state index in [9.17, 15) is 4.79 Å². The maximum atomic E-state index is 11.4. The second-order valence-electron chi connectivity index (χ2n) is 3.15. The van der Waals surface area contributed by atoms with Gasteiger partial charge in [-0.3, -0.25) is 0 Å².